The van der Waals surface area contributed by atoms with E-state index in [2.05, 4.69) is 41.5 Å². The van der Waals surface area contributed by atoms with Crippen molar-refractivity contribution in [2.45, 2.75) is 39.3 Å². The van der Waals surface area contributed by atoms with Crippen LogP contribution in [-0.2, 0) is 23.3 Å². The number of anilines is 1. The maximum Gasteiger partial charge on any atom is 0.295 e. The summed E-state index contributed by atoms with van der Waals surface area (Å²) in [6, 6.07) is 13.1. The summed E-state index contributed by atoms with van der Waals surface area (Å²) in [6.45, 7) is 6.87. The molecule has 0 fully saturated rings. The van der Waals surface area contributed by atoms with Crippen LogP contribution in [0.5, 0.6) is 11.5 Å². The van der Waals surface area contributed by atoms with Crippen molar-refractivity contribution in [2.24, 2.45) is 0 Å². The number of aromatic nitrogens is 3. The van der Waals surface area contributed by atoms with Crippen molar-refractivity contribution in [3.8, 4) is 11.5 Å². The Hall–Kier alpha value is -3.88. The monoisotopic (exact) mass is 435 g/mol. The zero-order valence-electron chi connectivity index (χ0n) is 18.2. The molecule has 32 heavy (non-hydrogen) atoms. The van der Waals surface area contributed by atoms with Crippen LogP contribution < -0.4 is 20.1 Å². The number of nitrogens with zero attached hydrogens (tertiary/aromatic N) is 3. The lowest BCUT2D eigenvalue weighted by molar-refractivity contribution is -0.122. The summed E-state index contributed by atoms with van der Waals surface area (Å²) in [4.78, 5) is 28.7. The van der Waals surface area contributed by atoms with Gasteiger partial charge in [-0.25, -0.2) is 9.67 Å². The van der Waals surface area contributed by atoms with E-state index in [1.165, 1.54) is 16.6 Å². The highest BCUT2D eigenvalue weighted by Gasteiger charge is 2.16. The maximum absolute atomic E-state index is 12.4. The maximum atomic E-state index is 12.4. The van der Waals surface area contributed by atoms with Gasteiger partial charge in [0.15, 0.2) is 11.5 Å². The molecule has 0 aliphatic carbocycles. The van der Waals surface area contributed by atoms with Gasteiger partial charge in [-0.2, -0.15) is 0 Å². The summed E-state index contributed by atoms with van der Waals surface area (Å²) in [7, 11) is 0. The van der Waals surface area contributed by atoms with Crippen molar-refractivity contribution >= 4 is 17.5 Å². The first-order valence-corrected chi connectivity index (χ1v) is 10.2. The summed E-state index contributed by atoms with van der Waals surface area (Å²) in [5.74, 6) is 0.661. The number of fused-ring (bicyclic) bond motifs is 1. The van der Waals surface area contributed by atoms with Crippen LogP contribution in [0.2, 0.25) is 0 Å². The first-order chi connectivity index (χ1) is 15.3. The number of benzene rings is 2. The molecule has 1 aromatic heterocycles. The molecule has 9 heteroatoms. The molecular weight excluding hydrogens is 410 g/mol. The summed E-state index contributed by atoms with van der Waals surface area (Å²) >= 11 is 0. The van der Waals surface area contributed by atoms with Gasteiger partial charge in [0, 0.05) is 12.2 Å². The molecule has 0 radical (unpaired) electrons. The van der Waals surface area contributed by atoms with Crippen LogP contribution in [0.3, 0.4) is 0 Å². The molecule has 0 bridgehead atoms. The highest BCUT2D eigenvalue weighted by Crippen LogP contribution is 2.32. The molecule has 4 rings (SSSR count). The highest BCUT2D eigenvalue weighted by atomic mass is 16.7. The third kappa shape index (κ3) is 5.05. The van der Waals surface area contributed by atoms with Crippen LogP contribution in [0.1, 0.15) is 42.5 Å². The lowest BCUT2D eigenvalue weighted by Gasteiger charge is -2.19. The number of ether oxygens (including phenoxy) is 2. The fourth-order valence-electron chi connectivity index (χ4n) is 3.17. The summed E-state index contributed by atoms with van der Waals surface area (Å²) in [5.41, 5.74) is 2.75. The van der Waals surface area contributed by atoms with Gasteiger partial charge in [0.2, 0.25) is 18.5 Å². The van der Waals surface area contributed by atoms with E-state index in [1.807, 2.05) is 42.5 Å². The van der Waals surface area contributed by atoms with Gasteiger partial charge in [-0.3, -0.25) is 9.59 Å². The van der Waals surface area contributed by atoms with Gasteiger partial charge in [-0.15, -0.1) is 5.10 Å². The number of carbonyl (C=O) groups excluding carboxylic acids is 2. The topological polar surface area (TPSA) is 107 Å². The molecular formula is C23H25N5O4. The second kappa shape index (κ2) is 8.70. The molecule has 2 N–H and O–H groups in total. The Kier molecular flexibility index (Phi) is 5.81. The third-order valence-electron chi connectivity index (χ3n) is 4.98. The minimum absolute atomic E-state index is 0.00605. The first kappa shape index (κ1) is 21.4. The predicted molar refractivity (Wildman–Crippen MR) is 118 cm³/mol. The Morgan fingerprint density at radius 2 is 1.81 bits per heavy atom. The van der Waals surface area contributed by atoms with E-state index in [-0.39, 0.29) is 30.5 Å². The zero-order valence-corrected chi connectivity index (χ0v) is 18.2. The molecule has 1 aliphatic heterocycles. The van der Waals surface area contributed by atoms with E-state index in [0.717, 1.165) is 5.56 Å². The van der Waals surface area contributed by atoms with E-state index in [1.54, 1.807) is 0 Å². The van der Waals surface area contributed by atoms with Crippen molar-refractivity contribution in [3.63, 3.8) is 0 Å². The fraction of sp³-hybridized carbons (Fsp3) is 0.304. The SMILES string of the molecule is CC(C)(C)c1ccc(NC(=O)c2ncn(CC(=O)NCc3ccc4c(c3)OCO4)n2)cc1. The first-order valence-electron chi connectivity index (χ1n) is 10.2. The standard InChI is InChI=1S/C23H25N5O4/c1-23(2,3)16-5-7-17(8-6-16)26-22(30)21-25-13-28(27-21)12-20(29)24-11-15-4-9-18-19(10-15)32-14-31-18/h4-10,13H,11-12,14H2,1-3H3,(H,24,29)(H,26,30). The Labute approximate surface area is 185 Å². The van der Waals surface area contributed by atoms with Gasteiger partial charge >= 0.3 is 0 Å². The van der Waals surface area contributed by atoms with Crippen molar-refractivity contribution in [3.05, 3.63) is 65.7 Å². The number of carbonyl (C=O) groups is 2. The Morgan fingerprint density at radius 3 is 2.56 bits per heavy atom. The van der Waals surface area contributed by atoms with Crippen LogP contribution in [-0.4, -0.2) is 33.4 Å². The molecule has 3 aromatic rings. The molecule has 2 heterocycles. The molecule has 2 aromatic carbocycles. The number of hydrogen-bond acceptors (Lipinski definition) is 6. The number of amides is 2. The number of rotatable bonds is 6. The molecule has 0 atom stereocenters. The zero-order chi connectivity index (χ0) is 22.7. The van der Waals surface area contributed by atoms with Gasteiger partial charge in [0.1, 0.15) is 12.9 Å². The third-order valence-corrected chi connectivity index (χ3v) is 4.98. The normalized spacial score (nSPS) is 12.5. The van der Waals surface area contributed by atoms with Crippen LogP contribution >= 0.6 is 0 Å². The average molecular weight is 435 g/mol. The molecule has 0 unspecified atom stereocenters. The number of nitrogens with one attached hydrogen (secondary N) is 2. The fourth-order valence-corrected chi connectivity index (χ4v) is 3.17. The second-order valence-electron chi connectivity index (χ2n) is 8.51. The van der Waals surface area contributed by atoms with Crippen molar-refractivity contribution in [1.82, 2.24) is 20.1 Å². The predicted octanol–water partition coefficient (Wildman–Crippen LogP) is 2.87. The average Bonchev–Trinajstić information content (AvgIpc) is 3.41. The molecule has 1 aliphatic rings. The Morgan fingerprint density at radius 1 is 1.06 bits per heavy atom. The van der Waals surface area contributed by atoms with E-state index >= 15 is 0 Å². The van der Waals surface area contributed by atoms with E-state index in [0.29, 0.717) is 23.7 Å². The lowest BCUT2D eigenvalue weighted by atomic mass is 9.87. The lowest BCUT2D eigenvalue weighted by Crippen LogP contribution is -2.27. The van der Waals surface area contributed by atoms with Crippen LogP contribution in [0.4, 0.5) is 5.69 Å². The minimum Gasteiger partial charge on any atom is -0.454 e. The van der Waals surface area contributed by atoms with E-state index in [4.69, 9.17) is 9.47 Å². The van der Waals surface area contributed by atoms with Gasteiger partial charge < -0.3 is 20.1 Å². The molecule has 2 amide bonds. The molecule has 0 saturated heterocycles. The number of hydrogen-bond donors (Lipinski definition) is 2. The van der Waals surface area contributed by atoms with Crippen LogP contribution in [0.15, 0.2) is 48.8 Å². The summed E-state index contributed by atoms with van der Waals surface area (Å²) in [6.07, 6.45) is 1.36. The minimum atomic E-state index is -0.437. The smallest absolute Gasteiger partial charge is 0.295 e. The molecule has 0 spiro atoms. The second-order valence-corrected chi connectivity index (χ2v) is 8.51. The van der Waals surface area contributed by atoms with Gasteiger partial charge in [-0.1, -0.05) is 39.0 Å². The Bertz CT molecular complexity index is 1130. The highest BCUT2D eigenvalue weighted by molar-refractivity contribution is 6.01. The van der Waals surface area contributed by atoms with Crippen molar-refractivity contribution < 1.29 is 19.1 Å². The van der Waals surface area contributed by atoms with E-state index in [9.17, 15) is 9.59 Å². The van der Waals surface area contributed by atoms with Crippen LogP contribution in [0.25, 0.3) is 0 Å². The van der Waals surface area contributed by atoms with Crippen LogP contribution in [0, 0.1) is 0 Å². The molecule has 0 saturated carbocycles. The molecule has 166 valence electrons. The summed E-state index contributed by atoms with van der Waals surface area (Å²) < 4.78 is 11.9. The molecule has 9 nitrogen and oxygen atoms in total. The van der Waals surface area contributed by atoms with Crippen molar-refractivity contribution in [1.29, 1.82) is 0 Å². The summed E-state index contributed by atoms with van der Waals surface area (Å²) in [5, 5.41) is 9.68. The van der Waals surface area contributed by atoms with Gasteiger partial charge in [0.05, 0.1) is 0 Å². The quantitative estimate of drug-likeness (QED) is 0.617. The van der Waals surface area contributed by atoms with Gasteiger partial charge in [0.25, 0.3) is 5.91 Å². The Balaban J connectivity index is 1.29. The van der Waals surface area contributed by atoms with Gasteiger partial charge in [-0.05, 0) is 40.8 Å². The van der Waals surface area contributed by atoms with E-state index < -0.39 is 5.91 Å². The largest absolute Gasteiger partial charge is 0.454 e. The van der Waals surface area contributed by atoms with Crippen molar-refractivity contribution in [2.75, 3.05) is 12.1 Å².